The molecule has 0 aliphatic carbocycles. The Morgan fingerprint density at radius 3 is 2.23 bits per heavy atom. The zero-order valence-corrected chi connectivity index (χ0v) is 13.2. The molecule has 2 aromatic rings. The summed E-state index contributed by atoms with van der Waals surface area (Å²) in [5.74, 6) is -0.322. The fourth-order valence-corrected chi connectivity index (χ4v) is 2.11. The quantitative estimate of drug-likeness (QED) is 0.611. The van der Waals surface area contributed by atoms with E-state index in [1.165, 1.54) is 0 Å². The summed E-state index contributed by atoms with van der Waals surface area (Å²) in [5, 5.41) is 0. The molecule has 0 bridgehead atoms. The molecule has 0 saturated carbocycles. The largest absolute Gasteiger partial charge is 0.450 e. The first-order valence-corrected chi connectivity index (χ1v) is 7.28. The van der Waals surface area contributed by atoms with Crippen molar-refractivity contribution in [3.63, 3.8) is 0 Å². The Labute approximate surface area is 131 Å². The van der Waals surface area contributed by atoms with Crippen molar-refractivity contribution in [2.75, 3.05) is 19.0 Å². The van der Waals surface area contributed by atoms with E-state index in [-0.39, 0.29) is 12.1 Å². The number of rotatable bonds is 5. The van der Waals surface area contributed by atoms with E-state index in [1.807, 2.05) is 80.5 Å². The molecule has 0 amide bonds. The molecule has 0 spiro atoms. The Kier molecular flexibility index (Phi) is 5.37. The van der Waals surface area contributed by atoms with Crippen LogP contribution in [-0.4, -0.2) is 20.1 Å². The molecule has 22 heavy (non-hydrogen) atoms. The van der Waals surface area contributed by atoms with Gasteiger partial charge in [0.1, 0.15) is 6.10 Å². The molecular formula is C19H21NO2. The molecule has 3 nitrogen and oxygen atoms in total. The molecule has 0 aromatic heterocycles. The standard InChI is InChI=1S/C19H21NO2/c1-4-8-18(15-9-6-5-7-10-15)22-19(21)16-11-13-17(14-12-16)20(2)3/h4-14,18H,1-3H3/b8-4+. The Hall–Kier alpha value is -2.55. The molecule has 0 fully saturated rings. The summed E-state index contributed by atoms with van der Waals surface area (Å²) < 4.78 is 5.62. The van der Waals surface area contributed by atoms with Crippen LogP contribution in [-0.2, 0) is 4.74 Å². The van der Waals surface area contributed by atoms with Gasteiger partial charge in [0.25, 0.3) is 0 Å². The molecule has 0 aliphatic rings. The average Bonchev–Trinajstić information content (AvgIpc) is 2.55. The first-order chi connectivity index (χ1) is 10.6. The van der Waals surface area contributed by atoms with E-state index < -0.39 is 0 Å². The number of carbonyl (C=O) groups is 1. The molecular weight excluding hydrogens is 274 g/mol. The van der Waals surface area contributed by atoms with Crippen LogP contribution in [0.25, 0.3) is 0 Å². The number of esters is 1. The zero-order valence-electron chi connectivity index (χ0n) is 13.2. The van der Waals surface area contributed by atoms with Gasteiger partial charge in [0.2, 0.25) is 0 Å². The summed E-state index contributed by atoms with van der Waals surface area (Å²) in [6.45, 7) is 1.91. The smallest absolute Gasteiger partial charge is 0.339 e. The van der Waals surface area contributed by atoms with Crippen molar-refractivity contribution in [2.45, 2.75) is 13.0 Å². The van der Waals surface area contributed by atoms with Crippen molar-refractivity contribution >= 4 is 11.7 Å². The predicted molar refractivity (Wildman–Crippen MR) is 90.2 cm³/mol. The van der Waals surface area contributed by atoms with Crippen molar-refractivity contribution in [1.29, 1.82) is 0 Å². The first kappa shape index (κ1) is 15.8. The van der Waals surface area contributed by atoms with Crippen molar-refractivity contribution in [1.82, 2.24) is 0 Å². The number of nitrogens with zero attached hydrogens (tertiary/aromatic N) is 1. The second-order valence-corrected chi connectivity index (χ2v) is 5.20. The van der Waals surface area contributed by atoms with E-state index in [1.54, 1.807) is 12.1 Å². The second kappa shape index (κ2) is 7.46. The topological polar surface area (TPSA) is 29.5 Å². The van der Waals surface area contributed by atoms with Gasteiger partial charge in [-0.15, -0.1) is 0 Å². The normalized spacial score (nSPS) is 12.1. The highest BCUT2D eigenvalue weighted by molar-refractivity contribution is 5.90. The minimum atomic E-state index is -0.368. The van der Waals surface area contributed by atoms with Gasteiger partial charge >= 0.3 is 5.97 Å². The Morgan fingerprint density at radius 1 is 1.05 bits per heavy atom. The lowest BCUT2D eigenvalue weighted by atomic mass is 10.1. The SMILES string of the molecule is C/C=C/C(OC(=O)c1ccc(N(C)C)cc1)c1ccccc1. The van der Waals surface area contributed by atoms with Gasteiger partial charge in [0.05, 0.1) is 5.56 Å². The highest BCUT2D eigenvalue weighted by Gasteiger charge is 2.15. The van der Waals surface area contributed by atoms with Gasteiger partial charge in [-0.3, -0.25) is 0 Å². The van der Waals surface area contributed by atoms with Crippen molar-refractivity contribution in [3.05, 3.63) is 77.9 Å². The van der Waals surface area contributed by atoms with Crippen LogP contribution in [0.1, 0.15) is 28.9 Å². The van der Waals surface area contributed by atoms with Gasteiger partial charge in [-0.05, 0) is 42.8 Å². The first-order valence-electron chi connectivity index (χ1n) is 7.28. The highest BCUT2D eigenvalue weighted by Crippen LogP contribution is 2.21. The summed E-state index contributed by atoms with van der Waals surface area (Å²) in [6, 6.07) is 17.1. The Balaban J connectivity index is 2.14. The molecule has 1 unspecified atom stereocenters. The minimum absolute atomic E-state index is 0.322. The molecule has 0 aliphatic heterocycles. The van der Waals surface area contributed by atoms with E-state index in [2.05, 4.69) is 0 Å². The minimum Gasteiger partial charge on any atom is -0.450 e. The van der Waals surface area contributed by atoms with Crippen LogP contribution in [0.15, 0.2) is 66.7 Å². The van der Waals surface area contributed by atoms with Crippen molar-refractivity contribution < 1.29 is 9.53 Å². The third kappa shape index (κ3) is 3.98. The van der Waals surface area contributed by atoms with Gasteiger partial charge in [-0.2, -0.15) is 0 Å². The van der Waals surface area contributed by atoms with E-state index in [0.29, 0.717) is 5.56 Å². The van der Waals surface area contributed by atoms with Crippen LogP contribution in [0, 0.1) is 0 Å². The van der Waals surface area contributed by atoms with Crippen LogP contribution < -0.4 is 4.90 Å². The molecule has 2 rings (SSSR count). The highest BCUT2D eigenvalue weighted by atomic mass is 16.5. The van der Waals surface area contributed by atoms with Gasteiger partial charge in [0.15, 0.2) is 0 Å². The van der Waals surface area contributed by atoms with Gasteiger partial charge in [0, 0.05) is 19.8 Å². The van der Waals surface area contributed by atoms with Crippen LogP contribution >= 0.6 is 0 Å². The Morgan fingerprint density at radius 2 is 1.68 bits per heavy atom. The maximum atomic E-state index is 12.3. The Bertz CT molecular complexity index is 630. The molecule has 1 atom stereocenters. The molecule has 114 valence electrons. The number of anilines is 1. The number of hydrogen-bond acceptors (Lipinski definition) is 3. The monoisotopic (exact) mass is 295 g/mol. The molecule has 0 heterocycles. The lowest BCUT2D eigenvalue weighted by molar-refractivity contribution is 0.0391. The van der Waals surface area contributed by atoms with Crippen LogP contribution in [0.5, 0.6) is 0 Å². The third-order valence-electron chi connectivity index (χ3n) is 3.35. The number of carbonyl (C=O) groups excluding carboxylic acids is 1. The summed E-state index contributed by atoms with van der Waals surface area (Å²) in [6.07, 6.45) is 3.40. The average molecular weight is 295 g/mol. The maximum absolute atomic E-state index is 12.3. The summed E-state index contributed by atoms with van der Waals surface area (Å²) in [4.78, 5) is 14.3. The lowest BCUT2D eigenvalue weighted by Gasteiger charge is -2.16. The molecule has 0 radical (unpaired) electrons. The summed E-state index contributed by atoms with van der Waals surface area (Å²) in [7, 11) is 3.93. The molecule has 3 heteroatoms. The van der Waals surface area contributed by atoms with Gasteiger partial charge < -0.3 is 9.64 Å². The molecule has 2 aromatic carbocycles. The molecule has 0 N–H and O–H groups in total. The molecule has 0 saturated heterocycles. The lowest BCUT2D eigenvalue weighted by Crippen LogP contribution is -2.11. The third-order valence-corrected chi connectivity index (χ3v) is 3.35. The number of ether oxygens (including phenoxy) is 1. The number of hydrogen-bond donors (Lipinski definition) is 0. The van der Waals surface area contributed by atoms with Gasteiger partial charge in [-0.1, -0.05) is 36.4 Å². The maximum Gasteiger partial charge on any atom is 0.339 e. The summed E-state index contributed by atoms with van der Waals surface area (Å²) in [5.41, 5.74) is 2.56. The van der Waals surface area contributed by atoms with Crippen molar-refractivity contribution in [3.8, 4) is 0 Å². The summed E-state index contributed by atoms with van der Waals surface area (Å²) >= 11 is 0. The number of benzene rings is 2. The second-order valence-electron chi connectivity index (χ2n) is 5.20. The zero-order chi connectivity index (χ0) is 15.9. The van der Waals surface area contributed by atoms with E-state index in [4.69, 9.17) is 4.74 Å². The fraction of sp³-hybridized carbons (Fsp3) is 0.211. The van der Waals surface area contributed by atoms with E-state index in [9.17, 15) is 4.79 Å². The van der Waals surface area contributed by atoms with E-state index >= 15 is 0 Å². The predicted octanol–water partition coefficient (Wildman–Crippen LogP) is 4.23. The van der Waals surface area contributed by atoms with Crippen molar-refractivity contribution in [2.24, 2.45) is 0 Å². The van der Waals surface area contributed by atoms with E-state index in [0.717, 1.165) is 11.3 Å². The number of allylic oxidation sites excluding steroid dienone is 1. The van der Waals surface area contributed by atoms with Gasteiger partial charge in [-0.25, -0.2) is 4.79 Å². The fourth-order valence-electron chi connectivity index (χ4n) is 2.11. The van der Waals surface area contributed by atoms with Crippen LogP contribution in [0.4, 0.5) is 5.69 Å². The van der Waals surface area contributed by atoms with Crippen LogP contribution in [0.2, 0.25) is 0 Å². The van der Waals surface area contributed by atoms with Crippen LogP contribution in [0.3, 0.4) is 0 Å².